The van der Waals surface area contributed by atoms with E-state index in [9.17, 15) is 0 Å². The largest absolute Gasteiger partial charge is 0.456 e. The molecule has 0 radical (unpaired) electrons. The summed E-state index contributed by atoms with van der Waals surface area (Å²) in [4.78, 5) is 4.37. The number of aryl methyl sites for hydroxylation is 3. The molecule has 0 saturated carbocycles. The van der Waals surface area contributed by atoms with Crippen molar-refractivity contribution >= 4 is 76.8 Å². The van der Waals surface area contributed by atoms with E-state index in [1.807, 2.05) is 0 Å². The van der Waals surface area contributed by atoms with E-state index in [1.54, 1.807) is 0 Å². The summed E-state index contributed by atoms with van der Waals surface area (Å²) in [5, 5.41) is 3.92. The van der Waals surface area contributed by atoms with Crippen LogP contribution in [0.2, 0.25) is 0 Å². The van der Waals surface area contributed by atoms with Crippen LogP contribution >= 0.6 is 33.1 Å². The van der Waals surface area contributed by atoms with E-state index in [0.29, 0.717) is 0 Å². The third kappa shape index (κ3) is 3.59. The van der Waals surface area contributed by atoms with Crippen molar-refractivity contribution in [2.45, 2.75) is 62.8 Å². The SMILES string of the molecule is Cc1cc(C)c(S2=C3C=Cc4oc5ccccc5c4C3n3c4ccc(I)cc4c4cc(C(C)(C)C)cc2c43)c(C)c1. The van der Waals surface area contributed by atoms with Crippen LogP contribution in [0.3, 0.4) is 0 Å². The van der Waals surface area contributed by atoms with Gasteiger partial charge in [-0.3, -0.25) is 0 Å². The first kappa shape index (κ1) is 25.6. The molecule has 0 spiro atoms. The Hall–Kier alpha value is -3.09. The zero-order chi connectivity index (χ0) is 28.4. The topological polar surface area (TPSA) is 18.1 Å². The Balaban J connectivity index is 1.62. The van der Waals surface area contributed by atoms with Gasteiger partial charge in [0.05, 0.1) is 17.1 Å². The van der Waals surface area contributed by atoms with Crippen LogP contribution in [-0.2, 0) is 5.41 Å². The van der Waals surface area contributed by atoms with Crippen LogP contribution in [-0.4, -0.2) is 9.43 Å². The lowest BCUT2D eigenvalue weighted by atomic mass is 9.86. The number of hydrogen-bond donors (Lipinski definition) is 0. The van der Waals surface area contributed by atoms with Gasteiger partial charge in [0.15, 0.2) is 0 Å². The molecule has 4 heteroatoms. The van der Waals surface area contributed by atoms with Gasteiger partial charge >= 0.3 is 0 Å². The molecule has 2 aliphatic rings. The average Bonchev–Trinajstić information content (AvgIpc) is 3.45. The number of fused-ring (bicyclic) bond motifs is 9. The lowest BCUT2D eigenvalue weighted by Gasteiger charge is -2.35. The average molecular weight is 666 g/mol. The minimum atomic E-state index is -0.250. The van der Waals surface area contributed by atoms with E-state index in [-0.39, 0.29) is 21.9 Å². The molecular formula is C37H32INOS. The molecule has 3 heterocycles. The van der Waals surface area contributed by atoms with Gasteiger partial charge in [-0.1, -0.05) is 56.7 Å². The zero-order valence-corrected chi connectivity index (χ0v) is 27.2. The predicted octanol–water partition coefficient (Wildman–Crippen LogP) is 10.9. The summed E-state index contributed by atoms with van der Waals surface area (Å²) < 4.78 is 10.4. The smallest absolute Gasteiger partial charge is 0.135 e. The number of aromatic nitrogens is 1. The molecule has 204 valence electrons. The van der Waals surface area contributed by atoms with E-state index in [1.165, 1.54) is 73.2 Å². The Bertz CT molecular complexity index is 2160. The van der Waals surface area contributed by atoms with Gasteiger partial charge in [-0.05, 0) is 114 Å². The summed E-state index contributed by atoms with van der Waals surface area (Å²) in [5.41, 5.74) is 10.4. The molecule has 1 aliphatic carbocycles. The Morgan fingerprint density at radius 3 is 2.34 bits per heavy atom. The van der Waals surface area contributed by atoms with Crippen LogP contribution in [0.4, 0.5) is 0 Å². The fraction of sp³-hybridized carbons (Fsp3) is 0.216. The molecule has 0 bridgehead atoms. The van der Waals surface area contributed by atoms with E-state index in [4.69, 9.17) is 4.42 Å². The molecule has 6 aromatic rings. The predicted molar refractivity (Wildman–Crippen MR) is 184 cm³/mol. The first-order valence-corrected chi connectivity index (χ1v) is 16.6. The molecule has 2 unspecified atom stereocenters. The summed E-state index contributed by atoms with van der Waals surface area (Å²) in [6.07, 6.45) is 4.61. The van der Waals surface area contributed by atoms with E-state index >= 15 is 0 Å². The minimum Gasteiger partial charge on any atom is -0.456 e. The Labute approximate surface area is 257 Å². The normalized spacial score (nSPS) is 18.0. The van der Waals surface area contributed by atoms with Gasteiger partial charge in [0.1, 0.15) is 11.3 Å². The van der Waals surface area contributed by atoms with Crippen molar-refractivity contribution in [1.82, 2.24) is 4.57 Å². The van der Waals surface area contributed by atoms with Crippen LogP contribution in [0.5, 0.6) is 0 Å². The first-order valence-electron chi connectivity index (χ1n) is 14.3. The molecule has 0 saturated heterocycles. The minimum absolute atomic E-state index is 0.0330. The second-order valence-electron chi connectivity index (χ2n) is 12.7. The lowest BCUT2D eigenvalue weighted by Crippen LogP contribution is -2.26. The van der Waals surface area contributed by atoms with Gasteiger partial charge in [0, 0.05) is 39.9 Å². The Kier molecular flexibility index (Phi) is 5.44. The highest BCUT2D eigenvalue weighted by atomic mass is 127. The summed E-state index contributed by atoms with van der Waals surface area (Å²) in [6, 6.07) is 25.3. The van der Waals surface area contributed by atoms with Gasteiger partial charge in [-0.25, -0.2) is 0 Å². The molecule has 0 N–H and O–H groups in total. The number of benzene rings is 4. The molecule has 2 atom stereocenters. The maximum absolute atomic E-state index is 6.49. The number of halogens is 1. The molecule has 8 rings (SSSR count). The second-order valence-corrected chi connectivity index (χ2v) is 15.9. The fourth-order valence-corrected chi connectivity index (χ4v) is 10.4. The number of allylic oxidation sites excluding steroid dienone is 1. The highest BCUT2D eigenvalue weighted by molar-refractivity contribution is 14.1. The highest BCUT2D eigenvalue weighted by Crippen LogP contribution is 2.56. The van der Waals surface area contributed by atoms with Crippen molar-refractivity contribution in [3.05, 3.63) is 110 Å². The van der Waals surface area contributed by atoms with Gasteiger partial charge < -0.3 is 8.98 Å². The molecule has 4 aromatic carbocycles. The summed E-state index contributed by atoms with van der Waals surface area (Å²) in [7, 11) is -0.250. The van der Waals surface area contributed by atoms with Crippen molar-refractivity contribution in [3.63, 3.8) is 0 Å². The van der Waals surface area contributed by atoms with Gasteiger partial charge in [0.2, 0.25) is 0 Å². The molecule has 41 heavy (non-hydrogen) atoms. The van der Waals surface area contributed by atoms with Crippen LogP contribution in [0, 0.1) is 24.3 Å². The van der Waals surface area contributed by atoms with E-state index < -0.39 is 0 Å². The third-order valence-corrected chi connectivity index (χ3v) is 12.1. The molecule has 2 nitrogen and oxygen atoms in total. The monoisotopic (exact) mass is 665 g/mol. The van der Waals surface area contributed by atoms with Crippen LogP contribution in [0.25, 0.3) is 38.9 Å². The second kappa shape index (κ2) is 8.71. The standard InChI is InChI=1S/C37H32INOS/c1-20-15-21(2)36(22(3)16-20)41-31-14-13-30-33(25-9-7-8-10-29(25)40-30)35(31)39-28-12-11-24(38)19-26(28)27-17-23(37(4,5)6)18-32(41)34(27)39/h7-19,35H,1-6H3. The van der Waals surface area contributed by atoms with Gasteiger partial charge in [-0.15, -0.1) is 10.5 Å². The Morgan fingerprint density at radius 2 is 1.59 bits per heavy atom. The van der Waals surface area contributed by atoms with Crippen molar-refractivity contribution in [2.75, 3.05) is 0 Å². The third-order valence-electron chi connectivity index (χ3n) is 8.82. The number of hydrogen-bond acceptors (Lipinski definition) is 1. The van der Waals surface area contributed by atoms with Crippen molar-refractivity contribution in [1.29, 1.82) is 0 Å². The van der Waals surface area contributed by atoms with Crippen molar-refractivity contribution in [2.24, 2.45) is 0 Å². The fourth-order valence-electron chi connectivity index (χ4n) is 7.13. The van der Waals surface area contributed by atoms with E-state index in [2.05, 4.69) is 148 Å². The maximum Gasteiger partial charge on any atom is 0.135 e. The molecule has 0 amide bonds. The summed E-state index contributed by atoms with van der Waals surface area (Å²) >= 11 is 2.47. The maximum atomic E-state index is 6.49. The van der Waals surface area contributed by atoms with E-state index in [0.717, 1.165) is 11.3 Å². The van der Waals surface area contributed by atoms with Crippen molar-refractivity contribution in [3.8, 4) is 0 Å². The molecule has 1 aliphatic heterocycles. The number of rotatable bonds is 1. The summed E-state index contributed by atoms with van der Waals surface area (Å²) in [6.45, 7) is 13.8. The number of nitrogens with zero attached hydrogens (tertiary/aromatic N) is 1. The van der Waals surface area contributed by atoms with Gasteiger partial charge in [-0.2, -0.15) is 0 Å². The van der Waals surface area contributed by atoms with Crippen LogP contribution in [0.15, 0.2) is 87.0 Å². The quantitative estimate of drug-likeness (QED) is 0.126. The molecule has 0 fully saturated rings. The number of para-hydroxylation sites is 1. The van der Waals surface area contributed by atoms with Gasteiger partial charge in [0.25, 0.3) is 0 Å². The van der Waals surface area contributed by atoms with Crippen LogP contribution in [0.1, 0.15) is 60.4 Å². The molecule has 2 aromatic heterocycles. The highest BCUT2D eigenvalue weighted by Gasteiger charge is 2.38. The lowest BCUT2D eigenvalue weighted by molar-refractivity contribution is 0.589. The first-order chi connectivity index (χ1) is 19.6. The number of furan rings is 1. The summed E-state index contributed by atoms with van der Waals surface area (Å²) in [5.74, 6) is 0.983. The van der Waals surface area contributed by atoms with Crippen molar-refractivity contribution < 1.29 is 4.42 Å². The molecular weight excluding hydrogens is 633 g/mol. The Morgan fingerprint density at radius 1 is 0.829 bits per heavy atom. The zero-order valence-electron chi connectivity index (χ0n) is 24.2. The van der Waals surface area contributed by atoms with Crippen LogP contribution < -0.4 is 0 Å².